The molecule has 9 heavy (non-hydrogen) atoms. The van der Waals surface area contributed by atoms with Crippen LogP contribution >= 0.6 is 0 Å². The largest absolute Gasteiger partial charge is 0.433 e. The van der Waals surface area contributed by atoms with Gasteiger partial charge in [0.05, 0.1) is 6.26 Å². The van der Waals surface area contributed by atoms with Crippen molar-refractivity contribution in [2.75, 3.05) is 0 Å². The van der Waals surface area contributed by atoms with E-state index in [0.717, 1.165) is 12.3 Å². The second-order valence-corrected chi connectivity index (χ2v) is 1.28. The Morgan fingerprint density at radius 2 is 2.22 bits per heavy atom. The molecule has 0 aliphatic rings. The van der Waals surface area contributed by atoms with Gasteiger partial charge in [-0.3, -0.25) is 0 Å². The molecule has 3 heteroatoms. The average Bonchev–Trinajstić information content (AvgIpc) is 1.87. The first-order valence-electron chi connectivity index (χ1n) is 2.34. The van der Waals surface area contributed by atoms with Gasteiger partial charge in [0.25, 0.3) is 0 Å². The molecule has 0 aliphatic carbocycles. The number of esters is 1. The summed E-state index contributed by atoms with van der Waals surface area (Å²) in [6, 6.07) is 0. The zero-order valence-corrected chi connectivity index (χ0v) is 4.91. The summed E-state index contributed by atoms with van der Waals surface area (Å²) in [5.74, 6) is -0.764. The van der Waals surface area contributed by atoms with E-state index >= 15 is 0 Å². The summed E-state index contributed by atoms with van der Waals surface area (Å²) in [6.07, 6.45) is 0.781. The smallest absolute Gasteiger partial charge is 0.343 e. The van der Waals surface area contributed by atoms with Gasteiger partial charge in [-0.25, -0.2) is 4.79 Å². The Hall–Kier alpha value is -1.09. The highest BCUT2D eigenvalue weighted by atomic mass is 16.5. The summed E-state index contributed by atoms with van der Waals surface area (Å²) >= 11 is 0. The fourth-order valence-corrected chi connectivity index (χ4v) is 0.248. The molecule has 0 radical (unpaired) electrons. The highest BCUT2D eigenvalue weighted by Crippen LogP contribution is 1.88. The molecular formula is C6H8O3. The number of hydrogen-bond donors (Lipinski definition) is 1. The van der Waals surface area contributed by atoms with Crippen molar-refractivity contribution >= 4 is 5.97 Å². The van der Waals surface area contributed by atoms with Crippen molar-refractivity contribution in [2.45, 2.75) is 6.10 Å². The number of aliphatic hydroxyl groups is 1. The van der Waals surface area contributed by atoms with Crippen molar-refractivity contribution in [3.8, 4) is 0 Å². The van der Waals surface area contributed by atoms with Crippen LogP contribution in [0, 0.1) is 0 Å². The lowest BCUT2D eigenvalue weighted by Gasteiger charge is -1.99. The highest BCUT2D eigenvalue weighted by molar-refractivity contribution is 5.76. The third-order valence-corrected chi connectivity index (χ3v) is 0.664. The summed E-state index contributed by atoms with van der Waals surface area (Å²) < 4.78 is 4.20. The van der Waals surface area contributed by atoms with E-state index in [2.05, 4.69) is 17.9 Å². The minimum Gasteiger partial charge on any atom is -0.433 e. The monoisotopic (exact) mass is 128 g/mol. The summed E-state index contributed by atoms with van der Waals surface area (Å²) in [6.45, 7) is 6.31. The lowest BCUT2D eigenvalue weighted by atomic mass is 10.4. The Labute approximate surface area is 53.3 Å². The number of aliphatic hydroxyl groups excluding tert-OH is 1. The van der Waals surface area contributed by atoms with Crippen molar-refractivity contribution in [3.63, 3.8) is 0 Å². The lowest BCUT2D eigenvalue weighted by molar-refractivity contribution is -0.144. The number of ether oxygens (including phenoxy) is 1. The normalized spacial score (nSPS) is 11.7. The van der Waals surface area contributed by atoms with Crippen molar-refractivity contribution in [1.29, 1.82) is 0 Å². The van der Waals surface area contributed by atoms with Gasteiger partial charge in [0.15, 0.2) is 6.10 Å². The van der Waals surface area contributed by atoms with E-state index in [9.17, 15) is 4.79 Å². The van der Waals surface area contributed by atoms with E-state index in [0.29, 0.717) is 0 Å². The maximum Gasteiger partial charge on any atom is 0.343 e. The number of carbonyl (C=O) groups excluding carboxylic acids is 1. The number of rotatable bonds is 3. The second-order valence-electron chi connectivity index (χ2n) is 1.28. The van der Waals surface area contributed by atoms with E-state index in [1.54, 1.807) is 0 Å². The molecule has 0 aromatic carbocycles. The molecule has 0 bridgehead atoms. The number of hydrogen-bond acceptors (Lipinski definition) is 3. The summed E-state index contributed by atoms with van der Waals surface area (Å²) in [5, 5.41) is 8.62. The minimum atomic E-state index is -1.25. The second kappa shape index (κ2) is 3.86. The molecule has 50 valence electrons. The van der Waals surface area contributed by atoms with Gasteiger partial charge < -0.3 is 9.84 Å². The predicted octanol–water partition coefficient (Wildman–Crippen LogP) is 0.220. The SMILES string of the molecule is C=COC(=O)C(O)C=C. The van der Waals surface area contributed by atoms with Crippen LogP contribution in [0.2, 0.25) is 0 Å². The van der Waals surface area contributed by atoms with E-state index in [1.807, 2.05) is 0 Å². The van der Waals surface area contributed by atoms with Crippen LogP contribution < -0.4 is 0 Å². The number of carbonyl (C=O) groups is 1. The van der Waals surface area contributed by atoms with Gasteiger partial charge in [-0.1, -0.05) is 19.2 Å². The van der Waals surface area contributed by atoms with Crippen molar-refractivity contribution in [3.05, 3.63) is 25.5 Å². The molecule has 1 N–H and O–H groups in total. The molecule has 0 aliphatic heterocycles. The molecule has 0 heterocycles. The third kappa shape index (κ3) is 2.66. The molecule has 0 rings (SSSR count). The first kappa shape index (κ1) is 7.91. The van der Waals surface area contributed by atoms with E-state index in [-0.39, 0.29) is 0 Å². The van der Waals surface area contributed by atoms with Crippen LogP contribution in [-0.4, -0.2) is 17.2 Å². The van der Waals surface area contributed by atoms with Crippen LogP contribution in [0.25, 0.3) is 0 Å². The molecule has 0 aromatic heterocycles. The van der Waals surface area contributed by atoms with Crippen LogP contribution in [0.4, 0.5) is 0 Å². The molecule has 0 amide bonds. The van der Waals surface area contributed by atoms with Gasteiger partial charge in [-0.15, -0.1) is 0 Å². The van der Waals surface area contributed by atoms with E-state index < -0.39 is 12.1 Å². The fraction of sp³-hybridized carbons (Fsp3) is 0.167. The van der Waals surface area contributed by atoms with Gasteiger partial charge in [0.2, 0.25) is 0 Å². The maximum atomic E-state index is 10.4. The first-order valence-corrected chi connectivity index (χ1v) is 2.34. The van der Waals surface area contributed by atoms with Crippen molar-refractivity contribution in [1.82, 2.24) is 0 Å². The van der Waals surface area contributed by atoms with Crippen LogP contribution in [0.1, 0.15) is 0 Å². The Kier molecular flexibility index (Phi) is 3.39. The van der Waals surface area contributed by atoms with Gasteiger partial charge >= 0.3 is 5.97 Å². The predicted molar refractivity (Wildman–Crippen MR) is 32.5 cm³/mol. The van der Waals surface area contributed by atoms with Gasteiger partial charge in [0, 0.05) is 0 Å². The molecular weight excluding hydrogens is 120 g/mol. The van der Waals surface area contributed by atoms with Crippen LogP contribution in [0.3, 0.4) is 0 Å². The minimum absolute atomic E-state index is 0.764. The topological polar surface area (TPSA) is 46.5 Å². The molecule has 0 saturated carbocycles. The average molecular weight is 128 g/mol. The highest BCUT2D eigenvalue weighted by Gasteiger charge is 2.09. The standard InChI is InChI=1S/C6H8O3/c1-3-5(7)6(8)9-4-2/h3-5,7H,1-2H2. The zero-order valence-electron chi connectivity index (χ0n) is 4.91. The summed E-state index contributed by atoms with van der Waals surface area (Å²) in [5.41, 5.74) is 0. The third-order valence-electron chi connectivity index (χ3n) is 0.664. The Morgan fingerprint density at radius 3 is 2.56 bits per heavy atom. The van der Waals surface area contributed by atoms with Gasteiger partial charge in [0.1, 0.15) is 0 Å². The molecule has 0 aromatic rings. The Morgan fingerprint density at radius 1 is 1.67 bits per heavy atom. The Bertz CT molecular complexity index is 128. The summed E-state index contributed by atoms with van der Waals surface area (Å²) in [7, 11) is 0. The molecule has 3 nitrogen and oxygen atoms in total. The van der Waals surface area contributed by atoms with E-state index in [4.69, 9.17) is 5.11 Å². The molecule has 1 unspecified atom stereocenters. The van der Waals surface area contributed by atoms with Crippen LogP contribution in [0.5, 0.6) is 0 Å². The fourth-order valence-electron chi connectivity index (χ4n) is 0.248. The zero-order chi connectivity index (χ0) is 7.28. The van der Waals surface area contributed by atoms with Crippen LogP contribution in [0.15, 0.2) is 25.5 Å². The molecule has 0 spiro atoms. The quantitative estimate of drug-likeness (QED) is 0.336. The van der Waals surface area contributed by atoms with Gasteiger partial charge in [-0.05, 0) is 0 Å². The Balaban J connectivity index is 3.71. The lowest BCUT2D eigenvalue weighted by Crippen LogP contribution is -2.17. The van der Waals surface area contributed by atoms with Crippen LogP contribution in [-0.2, 0) is 9.53 Å². The molecule has 1 atom stereocenters. The van der Waals surface area contributed by atoms with E-state index in [1.165, 1.54) is 0 Å². The van der Waals surface area contributed by atoms with Crippen molar-refractivity contribution in [2.24, 2.45) is 0 Å². The first-order chi connectivity index (χ1) is 4.22. The van der Waals surface area contributed by atoms with Gasteiger partial charge in [-0.2, -0.15) is 0 Å². The molecule has 0 saturated heterocycles. The van der Waals surface area contributed by atoms with Crippen molar-refractivity contribution < 1.29 is 14.6 Å². The summed E-state index contributed by atoms with van der Waals surface area (Å²) in [4.78, 5) is 10.4. The molecule has 0 fully saturated rings. The maximum absolute atomic E-state index is 10.4.